The second-order valence-corrected chi connectivity index (χ2v) is 6.14. The van der Waals surface area contributed by atoms with Crippen molar-refractivity contribution in [2.24, 2.45) is 0 Å². The van der Waals surface area contributed by atoms with E-state index >= 15 is 0 Å². The number of halogens is 1. The van der Waals surface area contributed by atoms with Gasteiger partial charge in [-0.15, -0.1) is 11.8 Å². The van der Waals surface area contributed by atoms with Gasteiger partial charge in [-0.2, -0.15) is 0 Å². The van der Waals surface area contributed by atoms with Crippen LogP contribution in [0.15, 0.2) is 42.5 Å². The Morgan fingerprint density at radius 1 is 1.12 bits per heavy atom. The Morgan fingerprint density at radius 2 is 1.83 bits per heavy atom. The van der Waals surface area contributed by atoms with E-state index in [2.05, 4.69) is 5.32 Å². The number of hydrogen-bond donors (Lipinski definition) is 1. The number of ether oxygens (including phenoxy) is 1. The van der Waals surface area contributed by atoms with Crippen LogP contribution in [0.2, 0.25) is 0 Å². The quantitative estimate of drug-likeness (QED) is 0.776. The Hall–Kier alpha value is -2.34. The molecule has 0 fully saturated rings. The molecule has 6 heteroatoms. The summed E-state index contributed by atoms with van der Waals surface area (Å²) < 4.78 is 18.2. The average molecular weight is 347 g/mol. The Labute approximate surface area is 144 Å². The lowest BCUT2D eigenvalue weighted by molar-refractivity contribution is -0.113. The molecule has 1 N–H and O–H groups in total. The first-order valence-electron chi connectivity index (χ1n) is 7.30. The van der Waals surface area contributed by atoms with Crippen LogP contribution in [0, 0.1) is 12.7 Å². The van der Waals surface area contributed by atoms with Crippen molar-refractivity contribution in [3.8, 4) is 5.75 Å². The smallest absolute Gasteiger partial charge is 0.234 e. The summed E-state index contributed by atoms with van der Waals surface area (Å²) in [5, 5.41) is 2.75. The molecule has 0 aliphatic carbocycles. The molecule has 0 unspecified atom stereocenters. The standard InChI is InChI=1S/C18H18FNO3S/c1-12-9-13(3-8-16(12)19)17(21)10-24-11-18(22)20-14-4-6-15(23-2)7-5-14/h3-9H,10-11H2,1-2H3,(H,20,22). The minimum atomic E-state index is -0.335. The monoisotopic (exact) mass is 347 g/mol. The van der Waals surface area contributed by atoms with E-state index in [1.54, 1.807) is 38.3 Å². The van der Waals surface area contributed by atoms with Gasteiger partial charge in [0.15, 0.2) is 5.78 Å². The summed E-state index contributed by atoms with van der Waals surface area (Å²) in [6.45, 7) is 1.61. The molecule has 0 spiro atoms. The van der Waals surface area contributed by atoms with Crippen LogP contribution in [0.5, 0.6) is 5.75 Å². The summed E-state index contributed by atoms with van der Waals surface area (Å²) in [5.41, 5.74) is 1.56. The summed E-state index contributed by atoms with van der Waals surface area (Å²) in [4.78, 5) is 23.9. The molecule has 0 aliphatic rings. The first kappa shape index (κ1) is 18.0. The van der Waals surface area contributed by atoms with Gasteiger partial charge >= 0.3 is 0 Å². The van der Waals surface area contributed by atoms with Crippen molar-refractivity contribution in [3.63, 3.8) is 0 Å². The zero-order valence-corrected chi connectivity index (χ0v) is 14.3. The Morgan fingerprint density at radius 3 is 2.46 bits per heavy atom. The molecule has 2 aromatic rings. The van der Waals surface area contributed by atoms with Gasteiger partial charge in [-0.1, -0.05) is 0 Å². The molecule has 0 aliphatic heterocycles. The minimum Gasteiger partial charge on any atom is -0.497 e. The normalized spacial score (nSPS) is 10.3. The van der Waals surface area contributed by atoms with Crippen LogP contribution in [0.25, 0.3) is 0 Å². The largest absolute Gasteiger partial charge is 0.497 e. The third-order valence-corrected chi connectivity index (χ3v) is 4.25. The zero-order valence-electron chi connectivity index (χ0n) is 13.5. The zero-order chi connectivity index (χ0) is 17.5. The number of aryl methyl sites for hydroxylation is 1. The summed E-state index contributed by atoms with van der Waals surface area (Å²) in [6, 6.07) is 11.3. The summed E-state index contributed by atoms with van der Waals surface area (Å²) in [7, 11) is 1.57. The third-order valence-electron chi connectivity index (χ3n) is 3.32. The van der Waals surface area contributed by atoms with Gasteiger partial charge in [0.2, 0.25) is 5.91 Å². The van der Waals surface area contributed by atoms with Crippen LogP contribution < -0.4 is 10.1 Å². The minimum absolute atomic E-state index is 0.125. The molecule has 0 saturated heterocycles. The van der Waals surface area contributed by atoms with Gasteiger partial charge in [-0.3, -0.25) is 9.59 Å². The highest BCUT2D eigenvalue weighted by atomic mass is 32.2. The lowest BCUT2D eigenvalue weighted by Gasteiger charge is -2.06. The molecular formula is C18H18FNO3S. The Bertz CT molecular complexity index is 732. The van der Waals surface area contributed by atoms with Gasteiger partial charge in [0.1, 0.15) is 11.6 Å². The van der Waals surface area contributed by atoms with Crippen molar-refractivity contribution in [3.05, 3.63) is 59.4 Å². The number of benzene rings is 2. The molecule has 2 rings (SSSR count). The topological polar surface area (TPSA) is 55.4 Å². The molecule has 0 aromatic heterocycles. The predicted molar refractivity (Wildman–Crippen MR) is 94.4 cm³/mol. The lowest BCUT2D eigenvalue weighted by atomic mass is 10.1. The molecule has 24 heavy (non-hydrogen) atoms. The van der Waals surface area contributed by atoms with Crippen LogP contribution >= 0.6 is 11.8 Å². The number of thioether (sulfide) groups is 1. The SMILES string of the molecule is COc1ccc(NC(=O)CSCC(=O)c2ccc(F)c(C)c2)cc1. The number of rotatable bonds is 7. The number of ketones is 1. The summed E-state index contributed by atoms with van der Waals surface area (Å²) >= 11 is 1.22. The van der Waals surface area contributed by atoms with Crippen molar-refractivity contribution in [1.29, 1.82) is 0 Å². The number of nitrogens with one attached hydrogen (secondary N) is 1. The molecule has 2 aromatic carbocycles. The van der Waals surface area contributed by atoms with E-state index in [1.807, 2.05) is 0 Å². The second kappa shape index (κ2) is 8.49. The van der Waals surface area contributed by atoms with E-state index in [9.17, 15) is 14.0 Å². The van der Waals surface area contributed by atoms with Gasteiger partial charge in [0, 0.05) is 11.3 Å². The highest BCUT2D eigenvalue weighted by molar-refractivity contribution is 8.00. The van der Waals surface area contributed by atoms with Crippen molar-refractivity contribution in [1.82, 2.24) is 0 Å². The van der Waals surface area contributed by atoms with Gasteiger partial charge in [0.25, 0.3) is 0 Å². The highest BCUT2D eigenvalue weighted by Crippen LogP contribution is 2.16. The van der Waals surface area contributed by atoms with Crippen LogP contribution in [-0.4, -0.2) is 30.3 Å². The molecular weight excluding hydrogens is 329 g/mol. The van der Waals surface area contributed by atoms with E-state index in [0.717, 1.165) is 0 Å². The maximum Gasteiger partial charge on any atom is 0.234 e. The molecule has 4 nitrogen and oxygen atoms in total. The number of methoxy groups -OCH3 is 1. The fraction of sp³-hybridized carbons (Fsp3) is 0.222. The van der Waals surface area contributed by atoms with Gasteiger partial charge in [0.05, 0.1) is 18.6 Å². The molecule has 1 amide bonds. The number of carbonyl (C=O) groups excluding carboxylic acids is 2. The van der Waals surface area contributed by atoms with E-state index in [4.69, 9.17) is 4.74 Å². The molecule has 0 heterocycles. The van der Waals surface area contributed by atoms with Crippen molar-refractivity contribution < 1.29 is 18.7 Å². The first-order chi connectivity index (χ1) is 11.5. The molecule has 0 radical (unpaired) electrons. The number of carbonyl (C=O) groups is 2. The van der Waals surface area contributed by atoms with E-state index in [-0.39, 0.29) is 29.0 Å². The second-order valence-electron chi connectivity index (χ2n) is 5.16. The van der Waals surface area contributed by atoms with Crippen molar-refractivity contribution in [2.75, 3.05) is 23.9 Å². The lowest BCUT2D eigenvalue weighted by Crippen LogP contribution is -2.15. The first-order valence-corrected chi connectivity index (χ1v) is 8.46. The van der Waals surface area contributed by atoms with Crippen LogP contribution in [-0.2, 0) is 4.79 Å². The predicted octanol–water partition coefficient (Wildman–Crippen LogP) is 3.70. The van der Waals surface area contributed by atoms with Crippen molar-refractivity contribution >= 4 is 29.1 Å². The molecule has 0 atom stereocenters. The van der Waals surface area contributed by atoms with E-state index in [0.29, 0.717) is 22.6 Å². The van der Waals surface area contributed by atoms with E-state index in [1.165, 1.54) is 30.0 Å². The Balaban J connectivity index is 1.79. The number of Topliss-reactive ketones (excluding diaryl/α,β-unsaturated/α-hetero) is 1. The maximum atomic E-state index is 13.2. The van der Waals surface area contributed by atoms with Gasteiger partial charge in [-0.25, -0.2) is 4.39 Å². The van der Waals surface area contributed by atoms with Gasteiger partial charge < -0.3 is 10.1 Å². The third kappa shape index (κ3) is 5.09. The highest BCUT2D eigenvalue weighted by Gasteiger charge is 2.10. The van der Waals surface area contributed by atoms with E-state index < -0.39 is 0 Å². The fourth-order valence-corrected chi connectivity index (χ4v) is 2.72. The van der Waals surface area contributed by atoms with Gasteiger partial charge in [-0.05, 0) is 55.0 Å². The van der Waals surface area contributed by atoms with Crippen molar-refractivity contribution in [2.45, 2.75) is 6.92 Å². The van der Waals surface area contributed by atoms with Crippen LogP contribution in [0.1, 0.15) is 15.9 Å². The van der Waals surface area contributed by atoms with Crippen LogP contribution in [0.3, 0.4) is 0 Å². The number of hydrogen-bond acceptors (Lipinski definition) is 4. The molecule has 0 saturated carbocycles. The summed E-state index contributed by atoms with van der Waals surface area (Å²) in [5.74, 6) is 0.396. The number of amides is 1. The average Bonchev–Trinajstić information content (AvgIpc) is 2.58. The Kier molecular flexibility index (Phi) is 6.37. The maximum absolute atomic E-state index is 13.2. The number of anilines is 1. The molecule has 0 bridgehead atoms. The summed E-state index contributed by atoms with van der Waals surface area (Å²) in [6.07, 6.45) is 0. The fourth-order valence-electron chi connectivity index (χ4n) is 2.01. The van der Waals surface area contributed by atoms with Crippen LogP contribution in [0.4, 0.5) is 10.1 Å². The molecule has 126 valence electrons.